The Morgan fingerprint density at radius 1 is 1.15 bits per heavy atom. The van der Waals surface area contributed by atoms with Gasteiger partial charge in [-0.15, -0.1) is 0 Å². The van der Waals surface area contributed by atoms with Crippen molar-refractivity contribution in [3.8, 4) is 0 Å². The molecule has 4 rings (SSSR count). The zero-order chi connectivity index (χ0) is 23.6. The lowest BCUT2D eigenvalue weighted by atomic mass is 9.92. The van der Waals surface area contributed by atoms with E-state index >= 15 is 0 Å². The molecule has 0 bridgehead atoms. The van der Waals surface area contributed by atoms with Crippen LogP contribution in [0, 0.1) is 12.7 Å². The molecule has 1 saturated heterocycles. The summed E-state index contributed by atoms with van der Waals surface area (Å²) in [5, 5.41) is 5.95. The minimum Gasteiger partial charge on any atom is -0.324 e. The van der Waals surface area contributed by atoms with Crippen LogP contribution in [0.25, 0.3) is 0 Å². The van der Waals surface area contributed by atoms with Crippen molar-refractivity contribution in [2.24, 2.45) is 0 Å². The number of imide groups is 1. The van der Waals surface area contributed by atoms with Crippen LogP contribution in [-0.2, 0) is 15.1 Å². The summed E-state index contributed by atoms with van der Waals surface area (Å²) in [5.74, 6) is -1.55. The summed E-state index contributed by atoms with van der Waals surface area (Å²) in [6, 6.07) is 11.8. The van der Waals surface area contributed by atoms with Gasteiger partial charge >= 0.3 is 6.03 Å². The fourth-order valence-corrected chi connectivity index (χ4v) is 4.25. The van der Waals surface area contributed by atoms with Crippen LogP contribution >= 0.6 is 11.8 Å². The van der Waals surface area contributed by atoms with Crippen molar-refractivity contribution in [3.63, 3.8) is 0 Å². The molecule has 1 atom stereocenters. The van der Waals surface area contributed by atoms with E-state index in [9.17, 15) is 18.8 Å². The lowest BCUT2D eigenvalue weighted by Gasteiger charge is -2.22. The first-order chi connectivity index (χ1) is 15.8. The van der Waals surface area contributed by atoms with Gasteiger partial charge in [-0.2, -0.15) is 0 Å². The van der Waals surface area contributed by atoms with Gasteiger partial charge in [0.2, 0.25) is 5.91 Å². The highest BCUT2D eigenvalue weighted by molar-refractivity contribution is 7.99. The highest BCUT2D eigenvalue weighted by atomic mass is 32.2. The summed E-state index contributed by atoms with van der Waals surface area (Å²) < 4.78 is 13.3. The van der Waals surface area contributed by atoms with Gasteiger partial charge in [0, 0.05) is 23.0 Å². The molecule has 10 heteroatoms. The number of nitrogens with one attached hydrogen (secondary N) is 2. The number of amides is 4. The molecule has 1 aliphatic heterocycles. The Labute approximate surface area is 193 Å². The normalized spacial score (nSPS) is 17.7. The van der Waals surface area contributed by atoms with E-state index in [0.29, 0.717) is 16.4 Å². The number of aryl methyl sites for hydroxylation is 1. The third-order valence-electron chi connectivity index (χ3n) is 5.22. The van der Waals surface area contributed by atoms with Crippen molar-refractivity contribution >= 4 is 35.3 Å². The Bertz CT molecular complexity index is 1220. The summed E-state index contributed by atoms with van der Waals surface area (Å²) in [5.41, 5.74) is 0.417. The zero-order valence-electron chi connectivity index (χ0n) is 17.8. The second kappa shape index (κ2) is 8.99. The van der Waals surface area contributed by atoms with E-state index in [2.05, 4.69) is 20.6 Å². The molecule has 2 N–H and O–H groups in total. The minimum absolute atomic E-state index is 0.427. The molecule has 8 nitrogen and oxygen atoms in total. The van der Waals surface area contributed by atoms with Gasteiger partial charge in [0.05, 0.1) is 0 Å². The SMILES string of the molecule is Cc1cc(Sc2ncccn2)ccc1NC(=O)CN1C(=O)NC(C)(c2ccc(F)cc2)C1=O. The molecule has 1 aliphatic rings. The number of anilines is 1. The minimum atomic E-state index is -1.38. The highest BCUT2D eigenvalue weighted by Gasteiger charge is 2.49. The van der Waals surface area contributed by atoms with Gasteiger partial charge in [0.1, 0.15) is 17.9 Å². The molecular weight excluding hydrogens is 445 g/mol. The zero-order valence-corrected chi connectivity index (χ0v) is 18.6. The predicted molar refractivity (Wildman–Crippen MR) is 120 cm³/mol. The van der Waals surface area contributed by atoms with Gasteiger partial charge in [-0.3, -0.25) is 14.5 Å². The highest BCUT2D eigenvalue weighted by Crippen LogP contribution is 2.30. The number of hydrogen-bond donors (Lipinski definition) is 2. The Morgan fingerprint density at radius 3 is 2.52 bits per heavy atom. The molecule has 1 aromatic heterocycles. The standard InChI is InChI=1S/C23H20FN5O3S/c1-14-12-17(33-21-25-10-3-11-26-21)8-9-18(14)27-19(30)13-29-20(31)23(2,28-22(29)32)15-4-6-16(24)7-5-15/h3-12H,13H2,1-2H3,(H,27,30)(H,28,32). The molecule has 0 radical (unpaired) electrons. The summed E-state index contributed by atoms with van der Waals surface area (Å²) in [4.78, 5) is 48.1. The van der Waals surface area contributed by atoms with E-state index in [1.165, 1.54) is 43.0 Å². The lowest BCUT2D eigenvalue weighted by molar-refractivity contribution is -0.133. The van der Waals surface area contributed by atoms with E-state index in [4.69, 9.17) is 0 Å². The quantitative estimate of drug-likeness (QED) is 0.427. The van der Waals surface area contributed by atoms with Crippen LogP contribution in [-0.4, -0.2) is 39.3 Å². The lowest BCUT2D eigenvalue weighted by Crippen LogP contribution is -2.42. The van der Waals surface area contributed by atoms with Gasteiger partial charge < -0.3 is 10.6 Å². The molecule has 3 aromatic rings. The first-order valence-electron chi connectivity index (χ1n) is 10.0. The second-order valence-electron chi connectivity index (χ2n) is 7.61. The topological polar surface area (TPSA) is 104 Å². The van der Waals surface area contributed by atoms with Crippen molar-refractivity contribution in [2.75, 3.05) is 11.9 Å². The van der Waals surface area contributed by atoms with Crippen LogP contribution in [0.5, 0.6) is 0 Å². The number of hydrogen-bond acceptors (Lipinski definition) is 6. The molecule has 168 valence electrons. The van der Waals surface area contributed by atoms with Crippen molar-refractivity contribution in [2.45, 2.75) is 29.4 Å². The Kier molecular flexibility index (Phi) is 6.10. The van der Waals surface area contributed by atoms with Crippen LogP contribution < -0.4 is 10.6 Å². The van der Waals surface area contributed by atoms with Crippen LogP contribution in [0.3, 0.4) is 0 Å². The molecule has 0 spiro atoms. The van der Waals surface area contributed by atoms with Gasteiger partial charge in [-0.05, 0) is 73.1 Å². The number of benzene rings is 2. The van der Waals surface area contributed by atoms with E-state index in [-0.39, 0.29) is 0 Å². The summed E-state index contributed by atoms with van der Waals surface area (Å²) >= 11 is 1.39. The molecule has 1 fully saturated rings. The summed E-state index contributed by atoms with van der Waals surface area (Å²) in [7, 11) is 0. The number of carbonyl (C=O) groups is 3. The fraction of sp³-hybridized carbons (Fsp3) is 0.174. The first kappa shape index (κ1) is 22.4. The molecule has 4 amide bonds. The smallest absolute Gasteiger partial charge is 0.324 e. The number of halogens is 1. The van der Waals surface area contributed by atoms with Crippen molar-refractivity contribution in [1.29, 1.82) is 0 Å². The predicted octanol–water partition coefficient (Wildman–Crippen LogP) is 3.48. The molecule has 2 heterocycles. The van der Waals surface area contributed by atoms with Gasteiger partial charge in [-0.1, -0.05) is 12.1 Å². The Morgan fingerprint density at radius 2 is 1.85 bits per heavy atom. The van der Waals surface area contributed by atoms with Crippen LogP contribution in [0.15, 0.2) is 71.0 Å². The number of aromatic nitrogens is 2. The third-order valence-corrected chi connectivity index (χ3v) is 6.10. The molecule has 2 aromatic carbocycles. The summed E-state index contributed by atoms with van der Waals surface area (Å²) in [6.45, 7) is 2.91. The molecular formula is C23H20FN5O3S. The van der Waals surface area contributed by atoms with Crippen molar-refractivity contribution in [1.82, 2.24) is 20.2 Å². The fourth-order valence-electron chi connectivity index (χ4n) is 3.44. The van der Waals surface area contributed by atoms with Gasteiger partial charge in [0.15, 0.2) is 5.16 Å². The van der Waals surface area contributed by atoms with Crippen LogP contribution in [0.4, 0.5) is 14.9 Å². The monoisotopic (exact) mass is 465 g/mol. The van der Waals surface area contributed by atoms with Crippen LogP contribution in [0.2, 0.25) is 0 Å². The number of nitrogens with zero attached hydrogens (tertiary/aromatic N) is 3. The molecule has 0 aliphatic carbocycles. The van der Waals surface area contributed by atoms with E-state index in [1.54, 1.807) is 24.5 Å². The summed E-state index contributed by atoms with van der Waals surface area (Å²) in [6.07, 6.45) is 3.32. The van der Waals surface area contributed by atoms with Gasteiger partial charge in [0.25, 0.3) is 5.91 Å². The largest absolute Gasteiger partial charge is 0.325 e. The maximum atomic E-state index is 13.3. The van der Waals surface area contributed by atoms with E-state index in [1.807, 2.05) is 19.1 Å². The van der Waals surface area contributed by atoms with E-state index < -0.39 is 35.7 Å². The van der Waals surface area contributed by atoms with Gasteiger partial charge in [-0.25, -0.2) is 19.2 Å². The third kappa shape index (κ3) is 4.70. The maximum absolute atomic E-state index is 13.3. The Hall–Kier alpha value is -3.79. The van der Waals surface area contributed by atoms with Crippen molar-refractivity contribution < 1.29 is 18.8 Å². The van der Waals surface area contributed by atoms with Crippen molar-refractivity contribution in [3.05, 3.63) is 77.9 Å². The van der Waals surface area contributed by atoms with Crippen LogP contribution in [0.1, 0.15) is 18.1 Å². The molecule has 0 saturated carbocycles. The average molecular weight is 466 g/mol. The number of rotatable bonds is 6. The maximum Gasteiger partial charge on any atom is 0.325 e. The second-order valence-corrected chi connectivity index (χ2v) is 8.65. The average Bonchev–Trinajstić information content (AvgIpc) is 3.00. The first-order valence-corrected chi connectivity index (χ1v) is 10.8. The Balaban J connectivity index is 1.42. The number of carbonyl (C=O) groups excluding carboxylic acids is 3. The van der Waals surface area contributed by atoms with E-state index in [0.717, 1.165) is 15.4 Å². The molecule has 1 unspecified atom stereocenters. The molecule has 33 heavy (non-hydrogen) atoms. The number of urea groups is 1.